The number of hydrogen-bond acceptors (Lipinski definition) is 5. The van der Waals surface area contributed by atoms with Crippen LogP contribution in [0, 0.1) is 6.92 Å². The number of nitrogens with two attached hydrogens (primary N) is 1. The summed E-state index contributed by atoms with van der Waals surface area (Å²) in [6, 6.07) is 7.87. The maximum absolute atomic E-state index is 6.19. The van der Waals surface area contributed by atoms with Crippen LogP contribution in [0.3, 0.4) is 0 Å². The molecule has 2 heterocycles. The van der Waals surface area contributed by atoms with Crippen LogP contribution < -0.4 is 11.1 Å². The fourth-order valence-electron chi connectivity index (χ4n) is 2.18. The molecule has 0 bridgehead atoms. The van der Waals surface area contributed by atoms with Crippen molar-refractivity contribution in [1.29, 1.82) is 0 Å². The number of benzene rings is 1. The lowest BCUT2D eigenvalue weighted by atomic mass is 10.1. The minimum atomic E-state index is 0.755. The number of nitrogens with one attached hydrogen (secondary N) is 1. The van der Waals surface area contributed by atoms with E-state index in [0.29, 0.717) is 0 Å². The van der Waals surface area contributed by atoms with Gasteiger partial charge in [-0.15, -0.1) is 11.3 Å². The standard InChI is InChI=1S/C15H16N4S/c1-10-19-11(9-20-10)6-8-18-14-5-4-13-12(15(14)16)3-2-7-17-13/h2-5,7,9,18H,6,8,16H2,1H3. The van der Waals surface area contributed by atoms with Crippen molar-refractivity contribution in [2.75, 3.05) is 17.6 Å². The van der Waals surface area contributed by atoms with E-state index in [9.17, 15) is 0 Å². The van der Waals surface area contributed by atoms with Crippen LogP contribution in [0.15, 0.2) is 35.8 Å². The zero-order valence-corrected chi connectivity index (χ0v) is 12.1. The van der Waals surface area contributed by atoms with E-state index in [1.165, 1.54) is 0 Å². The summed E-state index contributed by atoms with van der Waals surface area (Å²) in [6.07, 6.45) is 2.67. The van der Waals surface area contributed by atoms with Crippen LogP contribution in [0.5, 0.6) is 0 Å². The van der Waals surface area contributed by atoms with Crippen molar-refractivity contribution >= 4 is 33.6 Å². The second kappa shape index (κ2) is 5.46. The molecule has 3 N–H and O–H groups in total. The number of nitrogens with zero attached hydrogens (tertiary/aromatic N) is 2. The zero-order chi connectivity index (χ0) is 13.9. The summed E-state index contributed by atoms with van der Waals surface area (Å²) < 4.78 is 0. The van der Waals surface area contributed by atoms with Gasteiger partial charge >= 0.3 is 0 Å². The Balaban J connectivity index is 1.73. The van der Waals surface area contributed by atoms with Crippen LogP contribution in [-0.4, -0.2) is 16.5 Å². The highest BCUT2D eigenvalue weighted by molar-refractivity contribution is 7.09. The fraction of sp³-hybridized carbons (Fsp3) is 0.200. The Bertz CT molecular complexity index is 736. The van der Waals surface area contributed by atoms with Gasteiger partial charge in [0.05, 0.1) is 27.6 Å². The highest BCUT2D eigenvalue weighted by Crippen LogP contribution is 2.27. The third kappa shape index (κ3) is 2.58. The second-order valence-electron chi connectivity index (χ2n) is 4.63. The van der Waals surface area contributed by atoms with Crippen LogP contribution in [0.4, 0.5) is 11.4 Å². The summed E-state index contributed by atoms with van der Waals surface area (Å²) in [6.45, 7) is 2.84. The van der Waals surface area contributed by atoms with Gasteiger partial charge in [-0.2, -0.15) is 0 Å². The van der Waals surface area contributed by atoms with Gasteiger partial charge < -0.3 is 11.1 Å². The number of pyridine rings is 1. The quantitative estimate of drug-likeness (QED) is 0.722. The van der Waals surface area contributed by atoms with Gasteiger partial charge in [-0.3, -0.25) is 4.98 Å². The summed E-state index contributed by atoms with van der Waals surface area (Å²) in [4.78, 5) is 8.75. The molecule has 20 heavy (non-hydrogen) atoms. The number of rotatable bonds is 4. The Morgan fingerprint density at radius 1 is 1.30 bits per heavy atom. The van der Waals surface area contributed by atoms with Crippen molar-refractivity contribution in [3.63, 3.8) is 0 Å². The SMILES string of the molecule is Cc1nc(CCNc2ccc3ncccc3c2N)cs1. The summed E-state index contributed by atoms with van der Waals surface area (Å²) >= 11 is 1.68. The van der Waals surface area contributed by atoms with Gasteiger partial charge in [0.25, 0.3) is 0 Å². The van der Waals surface area contributed by atoms with Gasteiger partial charge in [0.15, 0.2) is 0 Å². The molecule has 1 aromatic carbocycles. The number of nitrogen functional groups attached to an aromatic ring is 1. The van der Waals surface area contributed by atoms with Gasteiger partial charge in [0.2, 0.25) is 0 Å². The highest BCUT2D eigenvalue weighted by Gasteiger charge is 2.05. The van der Waals surface area contributed by atoms with E-state index in [1.54, 1.807) is 17.5 Å². The van der Waals surface area contributed by atoms with Crippen molar-refractivity contribution < 1.29 is 0 Å². The van der Waals surface area contributed by atoms with E-state index >= 15 is 0 Å². The first-order valence-electron chi connectivity index (χ1n) is 6.52. The number of aryl methyl sites for hydroxylation is 1. The van der Waals surface area contributed by atoms with Gasteiger partial charge in [0.1, 0.15) is 0 Å². The van der Waals surface area contributed by atoms with E-state index in [1.807, 2.05) is 31.2 Å². The molecular formula is C15H16N4S. The topological polar surface area (TPSA) is 63.8 Å². The Hall–Kier alpha value is -2.14. The molecule has 0 saturated carbocycles. The predicted molar refractivity (Wildman–Crippen MR) is 85.2 cm³/mol. The van der Waals surface area contributed by atoms with Crippen LogP contribution in [-0.2, 0) is 6.42 Å². The smallest absolute Gasteiger partial charge is 0.0897 e. The average molecular weight is 284 g/mol. The number of thiazole rings is 1. The van der Waals surface area contributed by atoms with Crippen molar-refractivity contribution in [3.8, 4) is 0 Å². The lowest BCUT2D eigenvalue weighted by Crippen LogP contribution is -2.07. The zero-order valence-electron chi connectivity index (χ0n) is 11.3. The summed E-state index contributed by atoms with van der Waals surface area (Å²) in [5.74, 6) is 0. The molecule has 0 unspecified atom stereocenters. The van der Waals surface area contributed by atoms with Gasteiger partial charge in [-0.25, -0.2) is 4.98 Å². The molecular weight excluding hydrogens is 268 g/mol. The summed E-state index contributed by atoms with van der Waals surface area (Å²) in [5, 5.41) is 7.57. The van der Waals surface area contributed by atoms with E-state index in [-0.39, 0.29) is 0 Å². The molecule has 0 saturated heterocycles. The maximum Gasteiger partial charge on any atom is 0.0897 e. The number of hydrogen-bond donors (Lipinski definition) is 2. The van der Waals surface area contributed by atoms with Crippen molar-refractivity contribution in [2.24, 2.45) is 0 Å². The molecule has 2 aromatic heterocycles. The molecule has 4 nitrogen and oxygen atoms in total. The first-order chi connectivity index (χ1) is 9.74. The number of fused-ring (bicyclic) bond motifs is 1. The molecule has 0 aliphatic carbocycles. The Kier molecular flexibility index (Phi) is 3.52. The van der Waals surface area contributed by atoms with E-state index in [0.717, 1.165) is 45.9 Å². The molecule has 0 aliphatic rings. The number of aromatic nitrogens is 2. The summed E-state index contributed by atoms with van der Waals surface area (Å²) in [5.41, 5.74) is 9.95. The molecule has 0 atom stereocenters. The van der Waals surface area contributed by atoms with Crippen molar-refractivity contribution in [3.05, 3.63) is 46.5 Å². The molecule has 102 valence electrons. The van der Waals surface area contributed by atoms with Crippen molar-refractivity contribution in [2.45, 2.75) is 13.3 Å². The molecule has 0 amide bonds. The van der Waals surface area contributed by atoms with Crippen LogP contribution in [0.1, 0.15) is 10.7 Å². The Labute approximate surface area is 121 Å². The fourth-order valence-corrected chi connectivity index (χ4v) is 2.82. The molecule has 0 aliphatic heterocycles. The maximum atomic E-state index is 6.19. The molecule has 0 fully saturated rings. The van der Waals surface area contributed by atoms with Crippen LogP contribution in [0.25, 0.3) is 10.9 Å². The molecule has 0 spiro atoms. The van der Waals surface area contributed by atoms with Crippen LogP contribution >= 0.6 is 11.3 Å². The molecule has 5 heteroatoms. The predicted octanol–water partition coefficient (Wildman–Crippen LogP) is 3.24. The second-order valence-corrected chi connectivity index (χ2v) is 5.69. The first-order valence-corrected chi connectivity index (χ1v) is 7.40. The lowest BCUT2D eigenvalue weighted by Gasteiger charge is -2.10. The van der Waals surface area contributed by atoms with Gasteiger partial charge in [0, 0.05) is 29.9 Å². The van der Waals surface area contributed by atoms with Gasteiger partial charge in [-0.05, 0) is 31.2 Å². The largest absolute Gasteiger partial charge is 0.397 e. The third-order valence-electron chi connectivity index (χ3n) is 3.19. The van der Waals surface area contributed by atoms with E-state index in [2.05, 4.69) is 20.7 Å². The van der Waals surface area contributed by atoms with E-state index < -0.39 is 0 Å². The average Bonchev–Trinajstić information content (AvgIpc) is 2.87. The van der Waals surface area contributed by atoms with E-state index in [4.69, 9.17) is 5.73 Å². The number of anilines is 2. The molecule has 0 radical (unpaired) electrons. The lowest BCUT2D eigenvalue weighted by molar-refractivity contribution is 0.969. The van der Waals surface area contributed by atoms with Crippen LogP contribution in [0.2, 0.25) is 0 Å². The third-order valence-corrected chi connectivity index (χ3v) is 4.01. The minimum Gasteiger partial charge on any atom is -0.397 e. The normalized spacial score (nSPS) is 10.8. The first kappa shape index (κ1) is 12.9. The molecule has 3 aromatic rings. The monoisotopic (exact) mass is 284 g/mol. The minimum absolute atomic E-state index is 0.755. The Morgan fingerprint density at radius 3 is 3.00 bits per heavy atom. The molecule has 3 rings (SSSR count). The summed E-state index contributed by atoms with van der Waals surface area (Å²) in [7, 11) is 0. The van der Waals surface area contributed by atoms with Gasteiger partial charge in [-0.1, -0.05) is 0 Å². The highest BCUT2D eigenvalue weighted by atomic mass is 32.1. The van der Waals surface area contributed by atoms with Crippen molar-refractivity contribution in [1.82, 2.24) is 9.97 Å². The Morgan fingerprint density at radius 2 is 2.20 bits per heavy atom.